The Bertz CT molecular complexity index is 1200. The number of hydrogen-bond acceptors (Lipinski definition) is 6. The highest BCUT2D eigenvalue weighted by molar-refractivity contribution is 6.07. The number of carbonyl (C=O) groups excluding carboxylic acids is 1. The quantitative estimate of drug-likeness (QED) is 0.520. The number of aromatic nitrogens is 2. The number of carbonyl (C=O) groups is 1. The summed E-state index contributed by atoms with van der Waals surface area (Å²) < 4.78 is 10.8. The van der Waals surface area contributed by atoms with Crippen molar-refractivity contribution >= 4 is 17.0 Å². The van der Waals surface area contributed by atoms with Crippen LogP contribution in [0.5, 0.6) is 0 Å². The first-order chi connectivity index (χ1) is 15.1. The number of hydrogen-bond donors (Lipinski definition) is 1. The minimum atomic E-state index is -0.147. The van der Waals surface area contributed by atoms with Gasteiger partial charge in [0.05, 0.1) is 22.9 Å². The van der Waals surface area contributed by atoms with Gasteiger partial charge in [0.25, 0.3) is 11.6 Å². The fraction of sp³-hybridized carbons (Fsp3) is 0.292. The summed E-state index contributed by atoms with van der Waals surface area (Å²) in [5, 5.41) is 7.85. The number of amides is 1. The van der Waals surface area contributed by atoms with Gasteiger partial charge in [0, 0.05) is 25.2 Å². The van der Waals surface area contributed by atoms with E-state index in [0.717, 1.165) is 19.5 Å². The molecule has 7 nitrogen and oxygen atoms in total. The third-order valence-corrected chi connectivity index (χ3v) is 6.02. The van der Waals surface area contributed by atoms with E-state index in [4.69, 9.17) is 8.94 Å². The van der Waals surface area contributed by atoms with Gasteiger partial charge in [-0.2, -0.15) is 0 Å². The van der Waals surface area contributed by atoms with E-state index in [1.54, 1.807) is 24.5 Å². The highest BCUT2D eigenvalue weighted by atomic mass is 16.5. The van der Waals surface area contributed by atoms with Gasteiger partial charge < -0.3 is 14.3 Å². The van der Waals surface area contributed by atoms with Crippen molar-refractivity contribution in [3.8, 4) is 11.5 Å². The predicted octanol–water partition coefficient (Wildman–Crippen LogP) is 4.36. The summed E-state index contributed by atoms with van der Waals surface area (Å²) >= 11 is 0. The summed E-state index contributed by atoms with van der Waals surface area (Å²) in [5.74, 6) is 0.430. The van der Waals surface area contributed by atoms with Crippen molar-refractivity contribution in [2.24, 2.45) is 0 Å². The van der Waals surface area contributed by atoms with Crippen LogP contribution in [0, 0.1) is 6.92 Å². The molecule has 0 saturated carbocycles. The maximum atomic E-state index is 13.3. The number of rotatable bonds is 5. The fourth-order valence-corrected chi connectivity index (χ4v) is 4.29. The zero-order valence-electron chi connectivity index (χ0n) is 17.5. The van der Waals surface area contributed by atoms with Crippen molar-refractivity contribution in [3.05, 3.63) is 71.6 Å². The molecule has 0 radical (unpaired) electrons. The number of furan rings is 1. The van der Waals surface area contributed by atoms with E-state index < -0.39 is 0 Å². The summed E-state index contributed by atoms with van der Waals surface area (Å²) in [4.78, 5) is 20.2. The lowest BCUT2D eigenvalue weighted by Crippen LogP contribution is -2.37. The van der Waals surface area contributed by atoms with Gasteiger partial charge in [-0.3, -0.25) is 9.69 Å². The molecule has 158 valence electrons. The number of benzene rings is 1. The Morgan fingerprint density at radius 3 is 2.84 bits per heavy atom. The van der Waals surface area contributed by atoms with E-state index in [1.165, 1.54) is 5.56 Å². The molecular formula is C24H24N4O3. The Hall–Kier alpha value is -3.45. The van der Waals surface area contributed by atoms with Gasteiger partial charge in [-0.15, -0.1) is 0 Å². The van der Waals surface area contributed by atoms with Crippen LogP contribution in [0.4, 0.5) is 0 Å². The predicted molar refractivity (Wildman–Crippen MR) is 117 cm³/mol. The topological polar surface area (TPSA) is 84.4 Å². The maximum Gasteiger partial charge on any atom is 0.259 e. The second kappa shape index (κ2) is 8.00. The molecule has 1 aliphatic rings. The molecule has 4 heterocycles. The molecule has 1 aliphatic heterocycles. The average Bonchev–Trinajstić information content (AvgIpc) is 3.55. The first-order valence-electron chi connectivity index (χ1n) is 10.5. The van der Waals surface area contributed by atoms with E-state index >= 15 is 0 Å². The van der Waals surface area contributed by atoms with Crippen LogP contribution < -0.4 is 5.32 Å². The molecule has 0 spiro atoms. The molecule has 0 bridgehead atoms. The second-order valence-corrected chi connectivity index (χ2v) is 8.02. The van der Waals surface area contributed by atoms with E-state index in [-0.39, 0.29) is 11.9 Å². The highest BCUT2D eigenvalue weighted by Gasteiger charge is 2.29. The van der Waals surface area contributed by atoms with Gasteiger partial charge in [0.2, 0.25) is 0 Å². The largest absolute Gasteiger partial charge is 0.463 e. The van der Waals surface area contributed by atoms with E-state index in [1.807, 2.05) is 13.0 Å². The molecular weight excluding hydrogens is 392 g/mol. The standard InChI is InChI=1S/C24H24N4O3/c1-15-22-19(13-20(21-9-6-12-30-21)26-24(22)31-27-15)23(29)25-18-10-11-28(14-18)16(2)17-7-4-3-5-8-17/h3-9,12-13,16,18H,10-11,14H2,1-2H3,(H,25,29). The Labute approximate surface area is 180 Å². The number of pyridine rings is 1. The minimum absolute atomic E-state index is 0.0779. The molecule has 0 aliphatic carbocycles. The third-order valence-electron chi connectivity index (χ3n) is 6.02. The fourth-order valence-electron chi connectivity index (χ4n) is 4.29. The van der Waals surface area contributed by atoms with Gasteiger partial charge in [-0.25, -0.2) is 4.98 Å². The number of fused-ring (bicyclic) bond motifs is 1. The Kier molecular flexibility index (Phi) is 5.03. The Morgan fingerprint density at radius 2 is 2.06 bits per heavy atom. The molecule has 1 amide bonds. The van der Waals surface area contributed by atoms with Crippen molar-refractivity contribution in [3.63, 3.8) is 0 Å². The van der Waals surface area contributed by atoms with Gasteiger partial charge in [0.15, 0.2) is 5.76 Å². The van der Waals surface area contributed by atoms with Crippen LogP contribution >= 0.6 is 0 Å². The Balaban J connectivity index is 1.37. The van der Waals surface area contributed by atoms with Gasteiger partial charge in [-0.1, -0.05) is 35.5 Å². The van der Waals surface area contributed by atoms with Crippen LogP contribution in [-0.2, 0) is 0 Å². The molecule has 4 aromatic rings. The summed E-state index contributed by atoms with van der Waals surface area (Å²) in [6.45, 7) is 5.78. The minimum Gasteiger partial charge on any atom is -0.463 e. The van der Waals surface area contributed by atoms with Crippen LogP contribution in [0.1, 0.15) is 41.0 Å². The zero-order chi connectivity index (χ0) is 21.4. The molecule has 5 rings (SSSR count). The zero-order valence-corrected chi connectivity index (χ0v) is 17.5. The van der Waals surface area contributed by atoms with Crippen LogP contribution in [0.2, 0.25) is 0 Å². The summed E-state index contributed by atoms with van der Waals surface area (Å²) in [6, 6.07) is 16.2. The van der Waals surface area contributed by atoms with Gasteiger partial charge in [-0.05, 0) is 44.0 Å². The van der Waals surface area contributed by atoms with E-state index in [0.29, 0.717) is 39.9 Å². The molecule has 2 atom stereocenters. The monoisotopic (exact) mass is 416 g/mol. The molecule has 31 heavy (non-hydrogen) atoms. The SMILES string of the molecule is Cc1noc2nc(-c3ccco3)cc(C(=O)NC3CCN(C(C)c4ccccc4)C3)c12. The van der Waals surface area contributed by atoms with Crippen molar-refractivity contribution in [1.82, 2.24) is 20.4 Å². The number of likely N-dealkylation sites (tertiary alicyclic amines) is 1. The summed E-state index contributed by atoms with van der Waals surface area (Å²) in [7, 11) is 0. The molecule has 1 aromatic carbocycles. The van der Waals surface area contributed by atoms with Crippen LogP contribution in [0.3, 0.4) is 0 Å². The average molecular weight is 416 g/mol. The number of nitrogens with zero attached hydrogens (tertiary/aromatic N) is 3. The smallest absolute Gasteiger partial charge is 0.259 e. The summed E-state index contributed by atoms with van der Waals surface area (Å²) in [6.07, 6.45) is 2.48. The van der Waals surface area contributed by atoms with Gasteiger partial charge >= 0.3 is 0 Å². The molecule has 1 N–H and O–H groups in total. The third kappa shape index (κ3) is 3.72. The maximum absolute atomic E-state index is 13.3. The van der Waals surface area contributed by atoms with Crippen molar-refractivity contribution < 1.29 is 13.7 Å². The first-order valence-corrected chi connectivity index (χ1v) is 10.5. The van der Waals surface area contributed by atoms with Crippen molar-refractivity contribution in [1.29, 1.82) is 0 Å². The molecule has 1 fully saturated rings. The molecule has 7 heteroatoms. The van der Waals surface area contributed by atoms with E-state index in [9.17, 15) is 4.79 Å². The van der Waals surface area contributed by atoms with Crippen LogP contribution in [0.25, 0.3) is 22.6 Å². The second-order valence-electron chi connectivity index (χ2n) is 8.02. The lowest BCUT2D eigenvalue weighted by atomic mass is 10.1. The molecule has 2 unspecified atom stereocenters. The van der Waals surface area contributed by atoms with E-state index in [2.05, 4.69) is 51.5 Å². The lowest BCUT2D eigenvalue weighted by molar-refractivity contribution is 0.0938. The summed E-state index contributed by atoms with van der Waals surface area (Å²) in [5.41, 5.74) is 3.31. The lowest BCUT2D eigenvalue weighted by Gasteiger charge is -2.24. The van der Waals surface area contributed by atoms with Crippen molar-refractivity contribution in [2.45, 2.75) is 32.4 Å². The number of aryl methyl sites for hydroxylation is 1. The Morgan fingerprint density at radius 1 is 1.23 bits per heavy atom. The normalized spacial score (nSPS) is 17.8. The first kappa shape index (κ1) is 19.5. The van der Waals surface area contributed by atoms with Crippen LogP contribution in [-0.4, -0.2) is 40.1 Å². The molecule has 3 aromatic heterocycles. The van der Waals surface area contributed by atoms with Gasteiger partial charge in [0.1, 0.15) is 5.69 Å². The number of nitrogens with one attached hydrogen (secondary N) is 1. The molecule has 1 saturated heterocycles. The van der Waals surface area contributed by atoms with Crippen LogP contribution in [0.15, 0.2) is 63.7 Å². The highest BCUT2D eigenvalue weighted by Crippen LogP contribution is 2.28. The van der Waals surface area contributed by atoms with Crippen molar-refractivity contribution in [2.75, 3.05) is 13.1 Å².